The number of alkyl halides is 3. The molecule has 0 aliphatic heterocycles. The number of ketones is 2. The summed E-state index contributed by atoms with van der Waals surface area (Å²) >= 11 is 0. The second kappa shape index (κ2) is 5.09. The summed E-state index contributed by atoms with van der Waals surface area (Å²) in [6, 6.07) is -0.679. The number of hydrogen-bond acceptors (Lipinski definition) is 3. The van der Waals surface area contributed by atoms with Crippen LogP contribution in [0.5, 0.6) is 0 Å². The van der Waals surface area contributed by atoms with E-state index in [-0.39, 0.29) is 12.2 Å². The van der Waals surface area contributed by atoms with Crippen LogP contribution in [0.1, 0.15) is 19.8 Å². The van der Waals surface area contributed by atoms with Crippen LogP contribution >= 0.6 is 0 Å². The van der Waals surface area contributed by atoms with Gasteiger partial charge >= 0.3 is 6.18 Å². The lowest BCUT2D eigenvalue weighted by atomic mass is 10.1. The molecular weight excluding hydrogens is 199 g/mol. The van der Waals surface area contributed by atoms with Crippen LogP contribution in [0, 0.1) is 0 Å². The number of carbonyl (C=O) groups is 2. The molecule has 0 aliphatic carbocycles. The van der Waals surface area contributed by atoms with E-state index in [2.05, 4.69) is 5.32 Å². The first kappa shape index (κ1) is 13.1. The third-order valence-corrected chi connectivity index (χ3v) is 1.82. The summed E-state index contributed by atoms with van der Waals surface area (Å²) in [7, 11) is 1.46. The Kier molecular flexibility index (Phi) is 4.76. The van der Waals surface area contributed by atoms with Crippen molar-refractivity contribution in [1.29, 1.82) is 0 Å². The standard InChI is InChI=1S/C8H12F3NO2/c1-5(13)6(12-2)3-4-7(14)8(9,10)11/h6,12H,3-4H2,1-2H3/t6-/m0/s1. The zero-order chi connectivity index (χ0) is 11.4. The Morgan fingerprint density at radius 3 is 2.14 bits per heavy atom. The van der Waals surface area contributed by atoms with Gasteiger partial charge in [-0.15, -0.1) is 0 Å². The van der Waals surface area contributed by atoms with Gasteiger partial charge in [0, 0.05) is 6.42 Å². The van der Waals surface area contributed by atoms with Gasteiger partial charge in [-0.2, -0.15) is 13.2 Å². The van der Waals surface area contributed by atoms with Crippen LogP contribution < -0.4 is 5.32 Å². The molecule has 14 heavy (non-hydrogen) atoms. The second-order valence-electron chi connectivity index (χ2n) is 2.91. The molecule has 0 saturated heterocycles. The fraction of sp³-hybridized carbons (Fsp3) is 0.750. The monoisotopic (exact) mass is 211 g/mol. The highest BCUT2D eigenvalue weighted by Crippen LogP contribution is 2.19. The number of rotatable bonds is 5. The average Bonchev–Trinajstić information content (AvgIpc) is 2.02. The number of carbonyl (C=O) groups excluding carboxylic acids is 2. The number of nitrogens with one attached hydrogen (secondary N) is 1. The molecule has 0 bridgehead atoms. The first-order valence-electron chi connectivity index (χ1n) is 4.06. The molecule has 0 amide bonds. The fourth-order valence-corrected chi connectivity index (χ4v) is 0.968. The highest BCUT2D eigenvalue weighted by Gasteiger charge is 2.37. The predicted molar refractivity (Wildman–Crippen MR) is 43.8 cm³/mol. The van der Waals surface area contributed by atoms with E-state index in [4.69, 9.17) is 0 Å². The maximum absolute atomic E-state index is 11.7. The molecule has 0 heterocycles. The first-order valence-corrected chi connectivity index (χ1v) is 4.06. The van der Waals surface area contributed by atoms with Crippen molar-refractivity contribution in [3.8, 4) is 0 Å². The summed E-state index contributed by atoms with van der Waals surface area (Å²) in [5.74, 6) is -2.07. The summed E-state index contributed by atoms with van der Waals surface area (Å²) in [6.45, 7) is 1.26. The molecule has 0 aromatic rings. The van der Waals surface area contributed by atoms with Crippen LogP contribution in [-0.2, 0) is 9.59 Å². The molecule has 1 N–H and O–H groups in total. The lowest BCUT2D eigenvalue weighted by Crippen LogP contribution is -2.34. The molecule has 0 unspecified atom stereocenters. The Balaban J connectivity index is 4.05. The summed E-state index contributed by atoms with van der Waals surface area (Å²) in [5.41, 5.74) is 0. The van der Waals surface area contributed by atoms with Crippen LogP contribution in [0.4, 0.5) is 13.2 Å². The lowest BCUT2D eigenvalue weighted by Gasteiger charge is -2.12. The largest absolute Gasteiger partial charge is 0.449 e. The summed E-state index contributed by atoms with van der Waals surface area (Å²) in [4.78, 5) is 21.2. The van der Waals surface area contributed by atoms with E-state index in [9.17, 15) is 22.8 Å². The van der Waals surface area contributed by atoms with Crippen molar-refractivity contribution in [2.24, 2.45) is 0 Å². The molecule has 0 fully saturated rings. The fourth-order valence-electron chi connectivity index (χ4n) is 0.968. The zero-order valence-electron chi connectivity index (χ0n) is 7.94. The Bertz CT molecular complexity index is 225. The zero-order valence-corrected chi connectivity index (χ0v) is 7.94. The molecule has 3 nitrogen and oxygen atoms in total. The van der Waals surface area contributed by atoms with Gasteiger partial charge in [0.15, 0.2) is 0 Å². The topological polar surface area (TPSA) is 46.2 Å². The SMILES string of the molecule is CN[C@@H](CCC(=O)C(F)(F)F)C(C)=O. The molecule has 6 heteroatoms. The smallest absolute Gasteiger partial charge is 0.311 e. The third kappa shape index (κ3) is 4.36. The molecular formula is C8H12F3NO2. The van der Waals surface area contributed by atoms with E-state index in [1.807, 2.05) is 0 Å². The molecule has 0 aromatic carbocycles. The maximum atomic E-state index is 11.7. The van der Waals surface area contributed by atoms with Crippen molar-refractivity contribution >= 4 is 11.6 Å². The van der Waals surface area contributed by atoms with E-state index in [0.29, 0.717) is 0 Å². The maximum Gasteiger partial charge on any atom is 0.449 e. The van der Waals surface area contributed by atoms with Crippen molar-refractivity contribution in [3.05, 3.63) is 0 Å². The van der Waals surface area contributed by atoms with Crippen LogP contribution in [0.25, 0.3) is 0 Å². The minimum Gasteiger partial charge on any atom is -0.311 e. The second-order valence-corrected chi connectivity index (χ2v) is 2.91. The van der Waals surface area contributed by atoms with E-state index in [1.165, 1.54) is 14.0 Å². The Hall–Kier alpha value is -0.910. The Morgan fingerprint density at radius 1 is 1.36 bits per heavy atom. The van der Waals surface area contributed by atoms with Crippen molar-refractivity contribution in [1.82, 2.24) is 5.32 Å². The number of likely N-dealkylation sites (N-methyl/N-ethyl adjacent to an activating group) is 1. The van der Waals surface area contributed by atoms with Crippen LogP contribution in [0.2, 0.25) is 0 Å². The minimum atomic E-state index is -4.80. The molecule has 0 rings (SSSR count). The Labute approximate surface area is 79.7 Å². The summed E-state index contributed by atoms with van der Waals surface area (Å²) < 4.78 is 35.2. The molecule has 0 aromatic heterocycles. The van der Waals surface area contributed by atoms with E-state index in [1.54, 1.807) is 0 Å². The summed E-state index contributed by atoms with van der Waals surface area (Å²) in [5, 5.41) is 2.54. The van der Waals surface area contributed by atoms with E-state index >= 15 is 0 Å². The number of halogens is 3. The summed E-state index contributed by atoms with van der Waals surface area (Å²) in [6.07, 6.45) is -5.58. The van der Waals surface area contributed by atoms with Gasteiger partial charge in [0.25, 0.3) is 0 Å². The Morgan fingerprint density at radius 2 is 1.86 bits per heavy atom. The minimum absolute atomic E-state index is 0.121. The molecule has 0 spiro atoms. The van der Waals surface area contributed by atoms with Crippen molar-refractivity contribution < 1.29 is 22.8 Å². The predicted octanol–water partition coefficient (Wildman–Crippen LogP) is 1.07. The van der Waals surface area contributed by atoms with Gasteiger partial charge < -0.3 is 5.32 Å². The van der Waals surface area contributed by atoms with Gasteiger partial charge in [-0.3, -0.25) is 9.59 Å². The van der Waals surface area contributed by atoms with Crippen molar-refractivity contribution in [2.45, 2.75) is 32.0 Å². The molecule has 0 saturated carbocycles. The molecule has 82 valence electrons. The quantitative estimate of drug-likeness (QED) is 0.740. The normalized spacial score (nSPS) is 13.8. The van der Waals surface area contributed by atoms with E-state index in [0.717, 1.165) is 0 Å². The molecule has 1 atom stereocenters. The van der Waals surface area contributed by atoms with Crippen molar-refractivity contribution in [3.63, 3.8) is 0 Å². The van der Waals surface area contributed by atoms with Crippen LogP contribution in [-0.4, -0.2) is 30.8 Å². The average molecular weight is 211 g/mol. The lowest BCUT2D eigenvalue weighted by molar-refractivity contribution is -0.171. The number of hydrogen-bond donors (Lipinski definition) is 1. The number of Topliss-reactive ketones (excluding diaryl/α,β-unsaturated/α-hetero) is 2. The van der Waals surface area contributed by atoms with Gasteiger partial charge in [-0.1, -0.05) is 0 Å². The van der Waals surface area contributed by atoms with Crippen LogP contribution in [0.3, 0.4) is 0 Å². The highest BCUT2D eigenvalue weighted by atomic mass is 19.4. The van der Waals surface area contributed by atoms with Gasteiger partial charge in [0.1, 0.15) is 5.78 Å². The van der Waals surface area contributed by atoms with Gasteiger partial charge in [0.05, 0.1) is 6.04 Å². The van der Waals surface area contributed by atoms with Crippen LogP contribution in [0.15, 0.2) is 0 Å². The third-order valence-electron chi connectivity index (χ3n) is 1.82. The van der Waals surface area contributed by atoms with Crippen molar-refractivity contribution in [2.75, 3.05) is 7.05 Å². The first-order chi connectivity index (χ1) is 6.29. The molecule has 0 radical (unpaired) electrons. The highest BCUT2D eigenvalue weighted by molar-refractivity contribution is 5.86. The van der Waals surface area contributed by atoms with Gasteiger partial charge in [-0.25, -0.2) is 0 Å². The van der Waals surface area contributed by atoms with Gasteiger partial charge in [-0.05, 0) is 20.4 Å². The van der Waals surface area contributed by atoms with Gasteiger partial charge in [0.2, 0.25) is 5.78 Å². The molecule has 0 aliphatic rings. The van der Waals surface area contributed by atoms with E-state index < -0.39 is 24.4 Å².